The van der Waals surface area contributed by atoms with Gasteiger partial charge >= 0.3 is 0 Å². The van der Waals surface area contributed by atoms with Crippen LogP contribution < -0.4 is 0 Å². The van der Waals surface area contributed by atoms with E-state index in [2.05, 4.69) is 16.1 Å². The molecule has 3 nitrogen and oxygen atoms in total. The maximum Gasteiger partial charge on any atom is 0.182 e. The minimum Gasteiger partial charge on any atom is -0.220 e. The number of benzene rings is 2. The van der Waals surface area contributed by atoms with E-state index in [9.17, 15) is 0 Å². The molecule has 4 aromatic rings. The third kappa shape index (κ3) is 2.06. The molecular formula is C16H9Cl2N3. The van der Waals surface area contributed by atoms with Crippen molar-refractivity contribution in [3.63, 3.8) is 0 Å². The van der Waals surface area contributed by atoms with Crippen LogP contribution in [0, 0.1) is 0 Å². The molecule has 0 aliphatic carbocycles. The summed E-state index contributed by atoms with van der Waals surface area (Å²) >= 11 is 12.0. The van der Waals surface area contributed by atoms with Crippen molar-refractivity contribution in [3.8, 4) is 11.4 Å². The molecule has 102 valence electrons. The highest BCUT2D eigenvalue weighted by Crippen LogP contribution is 2.28. The summed E-state index contributed by atoms with van der Waals surface area (Å²) in [6.07, 6.45) is 1.91. The molecule has 0 N–H and O–H groups in total. The highest BCUT2D eigenvalue weighted by Gasteiger charge is 2.10. The molecule has 0 bridgehead atoms. The number of halogens is 2. The summed E-state index contributed by atoms with van der Waals surface area (Å²) in [5.74, 6) is 0.630. The van der Waals surface area contributed by atoms with Crippen molar-refractivity contribution < 1.29 is 0 Å². The monoisotopic (exact) mass is 313 g/mol. The number of aromatic nitrogens is 3. The third-order valence-corrected chi connectivity index (χ3v) is 4.15. The number of pyridine rings is 1. The fourth-order valence-electron chi connectivity index (χ4n) is 2.37. The predicted molar refractivity (Wildman–Crippen MR) is 85.9 cm³/mol. The smallest absolute Gasteiger partial charge is 0.182 e. The molecule has 0 fully saturated rings. The van der Waals surface area contributed by atoms with Crippen LogP contribution in [0.4, 0.5) is 0 Å². The lowest BCUT2D eigenvalue weighted by molar-refractivity contribution is 0.971. The quantitative estimate of drug-likeness (QED) is 0.502. The maximum atomic E-state index is 6.06. The van der Waals surface area contributed by atoms with Crippen LogP contribution in [0.1, 0.15) is 0 Å². The molecule has 21 heavy (non-hydrogen) atoms. The van der Waals surface area contributed by atoms with Gasteiger partial charge in [-0.05, 0) is 29.7 Å². The Labute approximate surface area is 130 Å². The van der Waals surface area contributed by atoms with Crippen LogP contribution in [0.25, 0.3) is 27.8 Å². The van der Waals surface area contributed by atoms with Crippen LogP contribution in [0.3, 0.4) is 0 Å². The van der Waals surface area contributed by atoms with Gasteiger partial charge < -0.3 is 0 Å². The van der Waals surface area contributed by atoms with Gasteiger partial charge in [-0.2, -0.15) is 0 Å². The minimum atomic E-state index is 0.498. The summed E-state index contributed by atoms with van der Waals surface area (Å²) in [6, 6.07) is 15.5. The van der Waals surface area contributed by atoms with E-state index < -0.39 is 0 Å². The van der Waals surface area contributed by atoms with Gasteiger partial charge in [-0.1, -0.05) is 47.5 Å². The van der Waals surface area contributed by atoms with Gasteiger partial charge in [0.1, 0.15) is 0 Å². The number of rotatable bonds is 1. The van der Waals surface area contributed by atoms with Crippen molar-refractivity contribution in [2.75, 3.05) is 0 Å². The van der Waals surface area contributed by atoms with Gasteiger partial charge in [-0.15, -0.1) is 5.10 Å². The van der Waals surface area contributed by atoms with Crippen molar-refractivity contribution in [3.05, 3.63) is 64.8 Å². The van der Waals surface area contributed by atoms with Gasteiger partial charge in [0.2, 0.25) is 0 Å². The lowest BCUT2D eigenvalue weighted by atomic mass is 10.2. The molecule has 0 saturated carbocycles. The van der Waals surface area contributed by atoms with Gasteiger partial charge in [0.05, 0.1) is 10.0 Å². The molecular weight excluding hydrogens is 305 g/mol. The summed E-state index contributed by atoms with van der Waals surface area (Å²) in [5.41, 5.74) is 1.67. The first-order valence-electron chi connectivity index (χ1n) is 6.42. The number of hydrogen-bond acceptors (Lipinski definition) is 2. The largest absolute Gasteiger partial charge is 0.220 e. The molecule has 2 aromatic heterocycles. The Bertz CT molecular complexity index is 976. The van der Waals surface area contributed by atoms with Crippen LogP contribution >= 0.6 is 23.2 Å². The van der Waals surface area contributed by atoms with Crippen LogP contribution in [0.15, 0.2) is 54.7 Å². The average Bonchev–Trinajstić information content (AvgIpc) is 2.94. The van der Waals surface area contributed by atoms with Crippen molar-refractivity contribution >= 4 is 39.6 Å². The molecule has 5 heteroatoms. The van der Waals surface area contributed by atoms with E-state index >= 15 is 0 Å². The molecule has 0 unspecified atom stereocenters. The zero-order valence-corrected chi connectivity index (χ0v) is 12.3. The van der Waals surface area contributed by atoms with E-state index in [0.717, 1.165) is 22.0 Å². The summed E-state index contributed by atoms with van der Waals surface area (Å²) in [6.45, 7) is 0. The van der Waals surface area contributed by atoms with Crippen LogP contribution in [0.2, 0.25) is 10.0 Å². The molecule has 0 radical (unpaired) electrons. The number of nitrogens with zero attached hydrogens (tertiary/aromatic N) is 3. The molecule has 0 atom stereocenters. The number of hydrogen-bond donors (Lipinski definition) is 0. The molecule has 0 amide bonds. The van der Waals surface area contributed by atoms with E-state index in [0.29, 0.717) is 15.9 Å². The molecule has 0 aliphatic heterocycles. The molecule has 2 aromatic carbocycles. The molecule has 4 rings (SSSR count). The van der Waals surface area contributed by atoms with Gasteiger partial charge in [0.15, 0.2) is 11.5 Å². The summed E-state index contributed by atoms with van der Waals surface area (Å²) < 4.78 is 1.78. The number of fused-ring (bicyclic) bond motifs is 3. The molecule has 0 aliphatic rings. The van der Waals surface area contributed by atoms with E-state index in [4.69, 9.17) is 23.2 Å². The van der Waals surface area contributed by atoms with Crippen molar-refractivity contribution in [1.82, 2.24) is 14.6 Å². The Morgan fingerprint density at radius 2 is 1.76 bits per heavy atom. The lowest BCUT2D eigenvalue weighted by Crippen LogP contribution is -1.87. The predicted octanol–water partition coefficient (Wildman–Crippen LogP) is 4.86. The Morgan fingerprint density at radius 1 is 0.905 bits per heavy atom. The Balaban J connectivity index is 1.98. The fraction of sp³-hybridized carbons (Fsp3) is 0. The minimum absolute atomic E-state index is 0.498. The zero-order chi connectivity index (χ0) is 14.4. The van der Waals surface area contributed by atoms with Gasteiger partial charge in [-0.25, -0.2) is 9.50 Å². The first kappa shape index (κ1) is 12.6. The highest BCUT2D eigenvalue weighted by molar-refractivity contribution is 6.42. The summed E-state index contributed by atoms with van der Waals surface area (Å²) in [5, 5.41) is 7.73. The summed E-state index contributed by atoms with van der Waals surface area (Å²) in [4.78, 5) is 4.63. The normalized spacial score (nSPS) is 11.3. The van der Waals surface area contributed by atoms with Gasteiger partial charge in [0.25, 0.3) is 0 Å². The Morgan fingerprint density at radius 3 is 2.62 bits per heavy atom. The Kier molecular flexibility index (Phi) is 2.84. The first-order chi connectivity index (χ1) is 10.2. The zero-order valence-electron chi connectivity index (χ0n) is 10.8. The standard InChI is InChI=1S/C16H9Cl2N3/c17-13-6-5-11(9-14(13)18)15-19-16-12-4-2-1-3-10(12)7-8-21(16)20-15/h1-9H. The molecule has 2 heterocycles. The van der Waals surface area contributed by atoms with Crippen molar-refractivity contribution in [2.45, 2.75) is 0 Å². The van der Waals surface area contributed by atoms with E-state index in [1.807, 2.05) is 36.5 Å². The average molecular weight is 314 g/mol. The van der Waals surface area contributed by atoms with Crippen LogP contribution in [-0.4, -0.2) is 14.6 Å². The molecule has 0 spiro atoms. The van der Waals surface area contributed by atoms with Crippen molar-refractivity contribution in [1.29, 1.82) is 0 Å². The topological polar surface area (TPSA) is 30.2 Å². The third-order valence-electron chi connectivity index (χ3n) is 3.41. The lowest BCUT2D eigenvalue weighted by Gasteiger charge is -1.97. The molecule has 0 saturated heterocycles. The maximum absolute atomic E-state index is 6.06. The van der Waals surface area contributed by atoms with E-state index in [1.54, 1.807) is 16.6 Å². The second-order valence-corrected chi connectivity index (χ2v) is 5.55. The SMILES string of the molecule is Clc1ccc(-c2nc3c4ccccc4ccn3n2)cc1Cl. The second-order valence-electron chi connectivity index (χ2n) is 4.74. The van der Waals surface area contributed by atoms with Crippen LogP contribution in [0.5, 0.6) is 0 Å². The van der Waals surface area contributed by atoms with Gasteiger partial charge in [0, 0.05) is 17.1 Å². The first-order valence-corrected chi connectivity index (χ1v) is 7.17. The summed E-state index contributed by atoms with van der Waals surface area (Å²) in [7, 11) is 0. The highest BCUT2D eigenvalue weighted by atomic mass is 35.5. The second kappa shape index (κ2) is 4.72. The van der Waals surface area contributed by atoms with Gasteiger partial charge in [-0.3, -0.25) is 0 Å². The van der Waals surface area contributed by atoms with Crippen molar-refractivity contribution in [2.24, 2.45) is 0 Å². The Hall–Kier alpha value is -2.10. The van der Waals surface area contributed by atoms with E-state index in [-0.39, 0.29) is 0 Å². The van der Waals surface area contributed by atoms with E-state index in [1.165, 1.54) is 0 Å². The van der Waals surface area contributed by atoms with Crippen LogP contribution in [-0.2, 0) is 0 Å². The fourth-order valence-corrected chi connectivity index (χ4v) is 2.66.